The molecular formula is C79H71BN2. The van der Waals surface area contributed by atoms with Gasteiger partial charge in [0.15, 0.2) is 0 Å². The van der Waals surface area contributed by atoms with Gasteiger partial charge >= 0.3 is 0 Å². The molecule has 400 valence electrons. The van der Waals surface area contributed by atoms with Crippen molar-refractivity contribution in [3.63, 3.8) is 0 Å². The van der Waals surface area contributed by atoms with Crippen molar-refractivity contribution in [1.29, 1.82) is 0 Å². The zero-order chi connectivity index (χ0) is 56.6. The lowest BCUT2D eigenvalue weighted by molar-refractivity contribution is 0.568. The van der Waals surface area contributed by atoms with E-state index in [0.717, 1.165) is 0 Å². The van der Waals surface area contributed by atoms with Gasteiger partial charge in [0.25, 0.3) is 6.71 Å². The Morgan fingerprint density at radius 3 is 1.10 bits per heavy atom. The second kappa shape index (κ2) is 17.3. The molecule has 11 aromatic carbocycles. The van der Waals surface area contributed by atoms with Gasteiger partial charge in [-0.05, 0) is 169 Å². The zero-order valence-corrected chi connectivity index (χ0v) is 49.7. The van der Waals surface area contributed by atoms with Crippen LogP contribution >= 0.6 is 0 Å². The summed E-state index contributed by atoms with van der Waals surface area (Å²) in [4.78, 5) is 5.39. The van der Waals surface area contributed by atoms with Gasteiger partial charge in [-0.2, -0.15) is 0 Å². The van der Waals surface area contributed by atoms with E-state index < -0.39 is 5.41 Å². The first-order valence-electron chi connectivity index (χ1n) is 29.8. The third kappa shape index (κ3) is 7.27. The van der Waals surface area contributed by atoms with Crippen molar-refractivity contribution in [1.82, 2.24) is 0 Å². The molecule has 0 atom stereocenters. The lowest BCUT2D eigenvalue weighted by atomic mass is 9.33. The first-order chi connectivity index (χ1) is 39.2. The zero-order valence-electron chi connectivity index (χ0n) is 49.7. The molecule has 0 aromatic heterocycles. The summed E-state index contributed by atoms with van der Waals surface area (Å²) in [7, 11) is 0. The van der Waals surface area contributed by atoms with Crippen molar-refractivity contribution in [2.45, 2.75) is 110 Å². The molecule has 2 heterocycles. The normalized spacial score (nSPS) is 14.6. The molecule has 11 aromatic rings. The Morgan fingerprint density at radius 2 is 0.683 bits per heavy atom. The smallest absolute Gasteiger partial charge is 0.252 e. The number of anilines is 6. The number of nitrogens with zero attached hydrogens (tertiary/aromatic N) is 2. The summed E-state index contributed by atoms with van der Waals surface area (Å²) in [6.45, 7) is 28.3. The molecule has 0 unspecified atom stereocenters. The minimum atomic E-state index is -0.429. The highest BCUT2D eigenvalue weighted by molar-refractivity contribution is 7.00. The minimum Gasteiger partial charge on any atom is -0.311 e. The molecular weight excluding hydrogens is 988 g/mol. The van der Waals surface area contributed by atoms with E-state index in [4.69, 9.17) is 0 Å². The average Bonchev–Trinajstić information content (AvgIpc) is 1.40. The summed E-state index contributed by atoms with van der Waals surface area (Å²) in [5.41, 5.74) is 28.9. The Kier molecular flexibility index (Phi) is 10.7. The van der Waals surface area contributed by atoms with Crippen LogP contribution in [-0.4, -0.2) is 6.71 Å². The van der Waals surface area contributed by atoms with Crippen LogP contribution in [0.3, 0.4) is 0 Å². The number of rotatable bonds is 3. The molecule has 0 bridgehead atoms. The fourth-order valence-corrected chi connectivity index (χ4v) is 14.7. The van der Waals surface area contributed by atoms with Crippen LogP contribution in [0, 0.1) is 0 Å². The van der Waals surface area contributed by atoms with Crippen LogP contribution in [-0.2, 0) is 27.1 Å². The van der Waals surface area contributed by atoms with Crippen LogP contribution in [0.15, 0.2) is 212 Å². The van der Waals surface area contributed by atoms with Gasteiger partial charge in [0.1, 0.15) is 0 Å². The second-order valence-electron chi connectivity index (χ2n) is 28.2. The molecule has 0 saturated carbocycles. The van der Waals surface area contributed by atoms with E-state index in [-0.39, 0.29) is 28.4 Å². The number of hydrogen-bond acceptors (Lipinski definition) is 2. The van der Waals surface area contributed by atoms with Crippen LogP contribution in [0.4, 0.5) is 34.1 Å². The standard InChI is InChI=1S/C79H71BN2/c1-75(2,3)52-42-53(76(4,5)6)45-56(44-52)81-70-40-51(50-33-36-67-63(39-50)62-29-19-22-32-66(62)79(67)64-30-20-17-27-60(64)61-28-18-21-31-65(61)79)41-71-72(70)80(68-37-34-48-23-13-15-25-58(48)73(68)81)69-38-35-49-24-14-16-26-59(49)74(69)82(71)57-46-54(77(7,8)9)43-55(47-57)78(10,11)12/h13-47H,1-12H3. The third-order valence-electron chi connectivity index (χ3n) is 19.0. The Hall–Kier alpha value is -8.40. The maximum absolute atomic E-state index is 2.70. The molecule has 0 fully saturated rings. The summed E-state index contributed by atoms with van der Waals surface area (Å²) in [6.07, 6.45) is 0. The molecule has 0 N–H and O–H groups in total. The molecule has 3 heteroatoms. The van der Waals surface area contributed by atoms with Crippen molar-refractivity contribution in [3.8, 4) is 33.4 Å². The van der Waals surface area contributed by atoms with E-state index in [9.17, 15) is 0 Å². The van der Waals surface area contributed by atoms with Crippen LogP contribution in [0.1, 0.15) is 128 Å². The van der Waals surface area contributed by atoms with Crippen LogP contribution in [0.2, 0.25) is 0 Å². The van der Waals surface area contributed by atoms with E-state index in [0.29, 0.717) is 0 Å². The Balaban J connectivity index is 1.09. The molecule has 0 saturated heterocycles. The summed E-state index contributed by atoms with van der Waals surface area (Å²) in [5, 5.41) is 4.98. The van der Waals surface area contributed by atoms with Gasteiger partial charge in [-0.25, -0.2) is 0 Å². The molecule has 2 aliphatic heterocycles. The van der Waals surface area contributed by atoms with Crippen LogP contribution in [0.5, 0.6) is 0 Å². The van der Waals surface area contributed by atoms with E-state index in [1.807, 2.05) is 0 Å². The lowest BCUT2D eigenvalue weighted by Crippen LogP contribution is -2.61. The maximum atomic E-state index is 2.70. The highest BCUT2D eigenvalue weighted by Crippen LogP contribution is 2.63. The number of benzene rings is 11. The maximum Gasteiger partial charge on any atom is 0.252 e. The quantitative estimate of drug-likeness (QED) is 0.163. The molecule has 2 aliphatic carbocycles. The van der Waals surface area contributed by atoms with Crippen LogP contribution < -0.4 is 26.2 Å². The number of hydrogen-bond donors (Lipinski definition) is 0. The fourth-order valence-electron chi connectivity index (χ4n) is 14.7. The fraction of sp³-hybridized carbons (Fsp3) is 0.215. The Bertz CT molecular complexity index is 4230. The molecule has 15 rings (SSSR count). The summed E-state index contributed by atoms with van der Waals surface area (Å²) >= 11 is 0. The van der Waals surface area contributed by atoms with E-state index in [2.05, 4.69) is 305 Å². The molecule has 1 spiro atoms. The molecule has 2 nitrogen and oxygen atoms in total. The van der Waals surface area contributed by atoms with Crippen molar-refractivity contribution < 1.29 is 0 Å². The Morgan fingerprint density at radius 1 is 0.317 bits per heavy atom. The molecule has 0 amide bonds. The van der Waals surface area contributed by atoms with Crippen LogP contribution in [0.25, 0.3) is 54.9 Å². The highest BCUT2D eigenvalue weighted by atomic mass is 15.2. The van der Waals surface area contributed by atoms with Gasteiger partial charge in [-0.15, -0.1) is 0 Å². The largest absolute Gasteiger partial charge is 0.311 e. The lowest BCUT2D eigenvalue weighted by Gasteiger charge is -2.46. The predicted molar refractivity (Wildman–Crippen MR) is 352 cm³/mol. The first-order valence-corrected chi connectivity index (χ1v) is 29.8. The van der Waals surface area contributed by atoms with Crippen molar-refractivity contribution in [3.05, 3.63) is 257 Å². The summed E-state index contributed by atoms with van der Waals surface area (Å²) < 4.78 is 0. The first kappa shape index (κ1) is 50.6. The third-order valence-corrected chi connectivity index (χ3v) is 19.0. The van der Waals surface area contributed by atoms with Crippen molar-refractivity contribution in [2.24, 2.45) is 0 Å². The summed E-state index contributed by atoms with van der Waals surface area (Å²) in [6, 6.07) is 83.0. The minimum absolute atomic E-state index is 0.0687. The average molecular weight is 1060 g/mol. The monoisotopic (exact) mass is 1060 g/mol. The van der Waals surface area contributed by atoms with Gasteiger partial charge in [0, 0.05) is 44.9 Å². The molecule has 82 heavy (non-hydrogen) atoms. The van der Waals surface area contributed by atoms with E-state index >= 15 is 0 Å². The Labute approximate surface area is 486 Å². The molecule has 4 aliphatic rings. The second-order valence-corrected chi connectivity index (χ2v) is 28.2. The highest BCUT2D eigenvalue weighted by Gasteiger charge is 2.52. The summed E-state index contributed by atoms with van der Waals surface area (Å²) in [5.74, 6) is 0. The number of fused-ring (bicyclic) bond motifs is 18. The van der Waals surface area contributed by atoms with E-state index in [1.165, 1.54) is 150 Å². The van der Waals surface area contributed by atoms with Gasteiger partial charge < -0.3 is 9.80 Å². The predicted octanol–water partition coefficient (Wildman–Crippen LogP) is 19.3. The van der Waals surface area contributed by atoms with Gasteiger partial charge in [-0.3, -0.25) is 0 Å². The van der Waals surface area contributed by atoms with Gasteiger partial charge in [0.2, 0.25) is 0 Å². The van der Waals surface area contributed by atoms with Crippen molar-refractivity contribution in [2.75, 3.05) is 9.80 Å². The van der Waals surface area contributed by atoms with Crippen molar-refractivity contribution >= 4 is 78.8 Å². The van der Waals surface area contributed by atoms with Gasteiger partial charge in [-0.1, -0.05) is 253 Å². The topological polar surface area (TPSA) is 6.48 Å². The van der Waals surface area contributed by atoms with E-state index in [1.54, 1.807) is 0 Å². The molecule has 0 radical (unpaired) electrons. The van der Waals surface area contributed by atoms with Gasteiger partial charge in [0.05, 0.1) is 5.41 Å². The SMILES string of the molecule is CC(C)(C)c1cc(N2c3cc(-c4ccc5c(c4)-c4ccccc4C54c5ccccc5-c5ccccc54)cc4c3B(c3ccc5ccccc5c32)c2ccc3ccccc3c2N4c2cc(C(C)(C)C)cc(C(C)(C)C)c2)cc(C(C)(C)C)c1.